The minimum Gasteiger partial charge on any atom is -0.490 e. The number of hydrogen-bond acceptors (Lipinski definition) is 6. The second kappa shape index (κ2) is 11.7. The summed E-state index contributed by atoms with van der Waals surface area (Å²) in [5, 5.41) is 2.32. The largest absolute Gasteiger partial charge is 0.490 e. The highest BCUT2D eigenvalue weighted by atomic mass is 32.2. The number of thioether (sulfide) groups is 1. The minimum absolute atomic E-state index is 0.143. The van der Waals surface area contributed by atoms with E-state index in [1.54, 1.807) is 42.5 Å². The van der Waals surface area contributed by atoms with Crippen molar-refractivity contribution in [3.63, 3.8) is 0 Å². The fraction of sp³-hybridized carbons (Fsp3) is 0.179. The Morgan fingerprint density at radius 3 is 2.59 bits per heavy atom. The molecule has 1 aliphatic heterocycles. The Balaban J connectivity index is 1.45. The molecule has 0 spiro atoms. The highest BCUT2D eigenvalue weighted by molar-refractivity contribution is 8.18. The maximum absolute atomic E-state index is 14.0. The standard InChI is InChI=1S/C28H25FN2O5S/c1-3-35-24-14-19(11-12-23(24)36-17-26(32)30-21-9-6-7-18(2)13-21)15-25-27(33)31(28(34)37-25)16-20-8-4-5-10-22(20)29/h4-15H,3,16-17H2,1-2H3,(H,30,32)/b25-15-. The van der Waals surface area contributed by atoms with E-state index in [0.717, 1.165) is 22.2 Å². The molecule has 1 fully saturated rings. The number of halogens is 1. The van der Waals surface area contributed by atoms with Gasteiger partial charge in [-0.15, -0.1) is 0 Å². The van der Waals surface area contributed by atoms with Gasteiger partial charge in [-0.3, -0.25) is 19.3 Å². The number of aryl methyl sites for hydroxylation is 1. The van der Waals surface area contributed by atoms with Gasteiger partial charge in [0.2, 0.25) is 0 Å². The molecule has 0 bridgehead atoms. The lowest BCUT2D eigenvalue weighted by Gasteiger charge is -2.13. The molecule has 3 amide bonds. The Morgan fingerprint density at radius 2 is 1.84 bits per heavy atom. The topological polar surface area (TPSA) is 84.9 Å². The SMILES string of the molecule is CCOc1cc(/C=C2\SC(=O)N(Cc3ccccc3F)C2=O)ccc1OCC(=O)Nc1cccc(C)c1. The van der Waals surface area contributed by atoms with Crippen LogP contribution in [0.5, 0.6) is 11.5 Å². The van der Waals surface area contributed by atoms with Gasteiger partial charge in [-0.25, -0.2) is 4.39 Å². The van der Waals surface area contributed by atoms with E-state index in [9.17, 15) is 18.8 Å². The molecule has 1 aliphatic rings. The molecule has 4 rings (SSSR count). The number of amides is 3. The first-order valence-electron chi connectivity index (χ1n) is 11.6. The predicted octanol–water partition coefficient (Wildman–Crippen LogP) is 5.79. The number of benzene rings is 3. The average molecular weight is 521 g/mol. The zero-order valence-corrected chi connectivity index (χ0v) is 21.1. The van der Waals surface area contributed by atoms with Crippen molar-refractivity contribution in [3.05, 3.63) is 94.1 Å². The van der Waals surface area contributed by atoms with Crippen molar-refractivity contribution in [2.45, 2.75) is 20.4 Å². The van der Waals surface area contributed by atoms with Crippen molar-refractivity contribution in [3.8, 4) is 11.5 Å². The fourth-order valence-electron chi connectivity index (χ4n) is 3.65. The van der Waals surface area contributed by atoms with Crippen LogP contribution in [0.25, 0.3) is 6.08 Å². The molecule has 3 aromatic carbocycles. The molecule has 190 valence electrons. The Bertz CT molecular complexity index is 1370. The van der Waals surface area contributed by atoms with Crippen molar-refractivity contribution in [1.82, 2.24) is 4.90 Å². The molecule has 1 saturated heterocycles. The second-order valence-corrected chi connectivity index (χ2v) is 9.20. The van der Waals surface area contributed by atoms with Crippen molar-refractivity contribution in [2.75, 3.05) is 18.5 Å². The molecule has 0 atom stereocenters. The van der Waals surface area contributed by atoms with Crippen LogP contribution in [0.1, 0.15) is 23.6 Å². The summed E-state index contributed by atoms with van der Waals surface area (Å²) in [5.41, 5.74) is 2.57. The molecule has 7 nitrogen and oxygen atoms in total. The van der Waals surface area contributed by atoms with Crippen LogP contribution in [0.3, 0.4) is 0 Å². The number of ether oxygens (including phenoxy) is 2. The molecular formula is C28H25FN2O5S. The van der Waals surface area contributed by atoms with Gasteiger partial charge in [0.05, 0.1) is 18.1 Å². The van der Waals surface area contributed by atoms with Crippen LogP contribution in [0, 0.1) is 12.7 Å². The van der Waals surface area contributed by atoms with Gasteiger partial charge in [0.15, 0.2) is 18.1 Å². The number of hydrogen-bond donors (Lipinski definition) is 1. The lowest BCUT2D eigenvalue weighted by molar-refractivity contribution is -0.123. The van der Waals surface area contributed by atoms with Crippen molar-refractivity contribution < 1.29 is 28.2 Å². The maximum Gasteiger partial charge on any atom is 0.293 e. The molecule has 1 N–H and O–H groups in total. The van der Waals surface area contributed by atoms with Gasteiger partial charge >= 0.3 is 0 Å². The van der Waals surface area contributed by atoms with E-state index in [0.29, 0.717) is 29.4 Å². The highest BCUT2D eigenvalue weighted by Gasteiger charge is 2.35. The molecule has 1 heterocycles. The summed E-state index contributed by atoms with van der Waals surface area (Å²) in [6.45, 7) is 3.74. The molecule has 0 radical (unpaired) electrons. The predicted molar refractivity (Wildman–Crippen MR) is 141 cm³/mol. The normalized spacial score (nSPS) is 14.2. The van der Waals surface area contributed by atoms with E-state index in [4.69, 9.17) is 9.47 Å². The summed E-state index contributed by atoms with van der Waals surface area (Å²) < 4.78 is 25.4. The minimum atomic E-state index is -0.496. The molecule has 0 aliphatic carbocycles. The first-order valence-corrected chi connectivity index (χ1v) is 12.4. The number of anilines is 1. The van der Waals surface area contributed by atoms with Gasteiger partial charge < -0.3 is 14.8 Å². The van der Waals surface area contributed by atoms with Gasteiger partial charge in [0, 0.05) is 11.3 Å². The van der Waals surface area contributed by atoms with E-state index >= 15 is 0 Å². The highest BCUT2D eigenvalue weighted by Crippen LogP contribution is 2.35. The van der Waals surface area contributed by atoms with Crippen LogP contribution in [0.15, 0.2) is 71.6 Å². The third-order valence-corrected chi connectivity index (χ3v) is 6.29. The van der Waals surface area contributed by atoms with E-state index in [-0.39, 0.29) is 29.5 Å². The van der Waals surface area contributed by atoms with Gasteiger partial charge in [-0.05, 0) is 73.1 Å². The molecule has 9 heteroatoms. The van der Waals surface area contributed by atoms with E-state index < -0.39 is 17.0 Å². The monoisotopic (exact) mass is 520 g/mol. The fourth-order valence-corrected chi connectivity index (χ4v) is 4.49. The molecular weight excluding hydrogens is 495 g/mol. The number of imide groups is 1. The first kappa shape index (κ1) is 26.0. The zero-order chi connectivity index (χ0) is 26.4. The quantitative estimate of drug-likeness (QED) is 0.360. The summed E-state index contributed by atoms with van der Waals surface area (Å²) in [7, 11) is 0. The Kier molecular flexibility index (Phi) is 8.25. The number of rotatable bonds is 9. The van der Waals surface area contributed by atoms with Gasteiger partial charge in [0.25, 0.3) is 17.1 Å². The maximum atomic E-state index is 14.0. The first-order chi connectivity index (χ1) is 17.8. The Morgan fingerprint density at radius 1 is 1.03 bits per heavy atom. The lowest BCUT2D eigenvalue weighted by Crippen LogP contribution is -2.27. The molecule has 0 aromatic heterocycles. The van der Waals surface area contributed by atoms with Crippen LogP contribution >= 0.6 is 11.8 Å². The summed E-state index contributed by atoms with van der Waals surface area (Å²) >= 11 is 0.792. The second-order valence-electron chi connectivity index (χ2n) is 8.20. The summed E-state index contributed by atoms with van der Waals surface area (Å²) in [4.78, 5) is 38.9. The van der Waals surface area contributed by atoms with Crippen LogP contribution in [-0.2, 0) is 16.1 Å². The van der Waals surface area contributed by atoms with Crippen LogP contribution in [0.2, 0.25) is 0 Å². The molecule has 37 heavy (non-hydrogen) atoms. The smallest absolute Gasteiger partial charge is 0.293 e. The third kappa shape index (κ3) is 6.56. The van der Waals surface area contributed by atoms with E-state index in [1.807, 2.05) is 32.0 Å². The van der Waals surface area contributed by atoms with Crippen LogP contribution in [-0.4, -0.2) is 35.2 Å². The van der Waals surface area contributed by atoms with Crippen molar-refractivity contribution in [2.24, 2.45) is 0 Å². The number of carbonyl (C=O) groups is 3. The van der Waals surface area contributed by atoms with Crippen molar-refractivity contribution in [1.29, 1.82) is 0 Å². The van der Waals surface area contributed by atoms with E-state index in [2.05, 4.69) is 5.32 Å². The lowest BCUT2D eigenvalue weighted by atomic mass is 10.1. The summed E-state index contributed by atoms with van der Waals surface area (Å²) in [6, 6.07) is 18.5. The summed E-state index contributed by atoms with van der Waals surface area (Å²) in [5.74, 6) is -0.531. The Hall–Kier alpha value is -4.11. The van der Waals surface area contributed by atoms with Crippen LogP contribution in [0.4, 0.5) is 14.9 Å². The third-order valence-electron chi connectivity index (χ3n) is 5.39. The summed E-state index contributed by atoms with van der Waals surface area (Å²) in [6.07, 6.45) is 1.57. The van der Waals surface area contributed by atoms with E-state index in [1.165, 1.54) is 12.1 Å². The molecule has 0 saturated carbocycles. The van der Waals surface area contributed by atoms with Gasteiger partial charge in [0.1, 0.15) is 5.82 Å². The number of nitrogens with zero attached hydrogens (tertiary/aromatic N) is 1. The average Bonchev–Trinajstić information content (AvgIpc) is 3.12. The molecule has 0 unspecified atom stereocenters. The number of carbonyl (C=O) groups excluding carboxylic acids is 3. The Labute approximate surface area is 218 Å². The van der Waals surface area contributed by atoms with Crippen molar-refractivity contribution >= 4 is 40.6 Å². The number of nitrogens with one attached hydrogen (secondary N) is 1. The van der Waals surface area contributed by atoms with Crippen LogP contribution < -0.4 is 14.8 Å². The zero-order valence-electron chi connectivity index (χ0n) is 20.3. The van der Waals surface area contributed by atoms with Gasteiger partial charge in [-0.2, -0.15) is 0 Å². The molecule has 3 aromatic rings. The van der Waals surface area contributed by atoms with Gasteiger partial charge in [-0.1, -0.05) is 36.4 Å².